The number of benzene rings is 2. The number of hydrogen-bond donors (Lipinski definition) is 1. The number of piperidine rings is 1. The summed E-state index contributed by atoms with van der Waals surface area (Å²) in [7, 11) is 1.56. The average molecular weight is 549 g/mol. The van der Waals surface area contributed by atoms with Gasteiger partial charge in [0.15, 0.2) is 0 Å². The van der Waals surface area contributed by atoms with Gasteiger partial charge in [0.05, 0.1) is 11.0 Å². The van der Waals surface area contributed by atoms with Gasteiger partial charge in [-0.2, -0.15) is 0 Å². The number of rotatable bonds is 9. The molecule has 0 aliphatic carbocycles. The van der Waals surface area contributed by atoms with Crippen LogP contribution < -0.4 is 15.1 Å². The topological polar surface area (TPSA) is 119 Å². The van der Waals surface area contributed by atoms with Crippen LogP contribution in [0.3, 0.4) is 0 Å². The largest absolute Gasteiger partial charge is 0.371 e. The van der Waals surface area contributed by atoms with Crippen LogP contribution >= 0.6 is 0 Å². The Morgan fingerprint density at radius 3 is 2.38 bits per heavy atom. The second kappa shape index (κ2) is 12.0. The molecule has 3 aliphatic rings. The lowest BCUT2D eigenvalue weighted by Gasteiger charge is -2.44. The molecule has 0 spiro atoms. The van der Waals surface area contributed by atoms with Gasteiger partial charge in [0.1, 0.15) is 6.29 Å². The zero-order valence-electron chi connectivity index (χ0n) is 22.8. The zero-order chi connectivity index (χ0) is 28.2. The fraction of sp³-hybridized carbons (Fsp3) is 0.483. The van der Waals surface area contributed by atoms with Crippen LogP contribution in [0.1, 0.15) is 41.6 Å². The molecule has 2 amide bonds. The summed E-state index contributed by atoms with van der Waals surface area (Å²) >= 11 is 0. The molecule has 11 heteroatoms. The third-order valence-corrected chi connectivity index (χ3v) is 8.54. The summed E-state index contributed by atoms with van der Waals surface area (Å²) in [6.45, 7) is 5.85. The Morgan fingerprint density at radius 2 is 1.75 bits per heavy atom. The van der Waals surface area contributed by atoms with Crippen molar-refractivity contribution < 1.29 is 19.3 Å². The fourth-order valence-corrected chi connectivity index (χ4v) is 6.21. The minimum absolute atomic E-state index is 0.111. The SMILES string of the molecule is CNC(=O)CCC(C=O)N1Cc2c(cccc2N2CCC(N3CCN(c4ccc([N+](=O)[O-])cc4)CC3)CC2)C1=O. The highest BCUT2D eigenvalue weighted by Crippen LogP contribution is 2.35. The first-order valence-corrected chi connectivity index (χ1v) is 14.0. The Hall–Kier alpha value is -3.99. The highest BCUT2D eigenvalue weighted by Gasteiger charge is 2.36. The summed E-state index contributed by atoms with van der Waals surface area (Å²) in [5, 5.41) is 13.5. The minimum Gasteiger partial charge on any atom is -0.371 e. The fourth-order valence-electron chi connectivity index (χ4n) is 6.21. The Morgan fingerprint density at radius 1 is 1.05 bits per heavy atom. The van der Waals surface area contributed by atoms with E-state index in [0.29, 0.717) is 24.6 Å². The lowest BCUT2D eigenvalue weighted by Crippen LogP contribution is -2.53. The van der Waals surface area contributed by atoms with E-state index >= 15 is 0 Å². The van der Waals surface area contributed by atoms with Crippen LogP contribution in [0.5, 0.6) is 0 Å². The molecule has 3 heterocycles. The van der Waals surface area contributed by atoms with E-state index in [1.807, 2.05) is 24.3 Å². The normalized spacial score (nSPS) is 18.9. The van der Waals surface area contributed by atoms with Crippen molar-refractivity contribution in [1.29, 1.82) is 0 Å². The predicted molar refractivity (Wildman–Crippen MR) is 152 cm³/mol. The molecule has 5 rings (SSSR count). The molecule has 0 saturated carbocycles. The van der Waals surface area contributed by atoms with E-state index in [9.17, 15) is 24.5 Å². The number of fused-ring (bicyclic) bond motifs is 1. The van der Waals surface area contributed by atoms with Crippen LogP contribution in [0.25, 0.3) is 0 Å². The number of non-ortho nitro benzene ring substituents is 1. The van der Waals surface area contributed by atoms with Crippen molar-refractivity contribution in [3.63, 3.8) is 0 Å². The van der Waals surface area contributed by atoms with Crippen molar-refractivity contribution in [2.45, 2.75) is 44.3 Å². The van der Waals surface area contributed by atoms with Crippen LogP contribution in [-0.2, 0) is 16.1 Å². The molecule has 40 heavy (non-hydrogen) atoms. The van der Waals surface area contributed by atoms with E-state index in [0.717, 1.165) is 75.3 Å². The van der Waals surface area contributed by atoms with Gasteiger partial charge >= 0.3 is 0 Å². The molecule has 0 aromatic heterocycles. The standard InChI is InChI=1S/C29H36N6O5/c1-30-28(37)10-9-24(20-36)34-19-26-25(29(34)38)3-2-4-27(26)33-13-11-22(12-14-33)32-17-15-31(16-18-32)21-5-7-23(8-6-21)35(39)40/h2-8,20,22,24H,9-19H2,1H3,(H,30,37). The molecule has 2 aromatic carbocycles. The van der Waals surface area contributed by atoms with E-state index < -0.39 is 6.04 Å². The molecule has 0 bridgehead atoms. The molecule has 11 nitrogen and oxygen atoms in total. The first-order chi connectivity index (χ1) is 19.4. The van der Waals surface area contributed by atoms with E-state index in [1.165, 1.54) is 0 Å². The van der Waals surface area contributed by atoms with E-state index in [-0.39, 0.29) is 28.8 Å². The maximum absolute atomic E-state index is 13.2. The molecule has 1 atom stereocenters. The zero-order valence-corrected chi connectivity index (χ0v) is 22.8. The number of nitrogens with one attached hydrogen (secondary N) is 1. The molecular weight excluding hydrogens is 512 g/mol. The lowest BCUT2D eigenvalue weighted by molar-refractivity contribution is -0.384. The lowest BCUT2D eigenvalue weighted by atomic mass is 9.99. The van der Waals surface area contributed by atoms with E-state index in [1.54, 1.807) is 24.1 Å². The maximum Gasteiger partial charge on any atom is 0.269 e. The monoisotopic (exact) mass is 548 g/mol. The number of nitrogens with zero attached hydrogens (tertiary/aromatic N) is 5. The number of amides is 2. The van der Waals surface area contributed by atoms with Crippen molar-refractivity contribution >= 4 is 35.2 Å². The number of nitro groups is 1. The average Bonchev–Trinajstić information content (AvgIpc) is 3.33. The van der Waals surface area contributed by atoms with E-state index in [4.69, 9.17) is 0 Å². The van der Waals surface area contributed by atoms with Gasteiger partial charge in [-0.15, -0.1) is 0 Å². The summed E-state index contributed by atoms with van der Waals surface area (Å²) < 4.78 is 0. The second-order valence-electron chi connectivity index (χ2n) is 10.7. The number of aldehydes is 1. The van der Waals surface area contributed by atoms with Crippen molar-refractivity contribution in [3.05, 3.63) is 63.7 Å². The van der Waals surface area contributed by atoms with Crippen LogP contribution in [0.15, 0.2) is 42.5 Å². The third-order valence-electron chi connectivity index (χ3n) is 8.54. The molecule has 2 saturated heterocycles. The van der Waals surface area contributed by atoms with E-state index in [2.05, 4.69) is 26.1 Å². The molecule has 3 aliphatic heterocycles. The quantitative estimate of drug-likeness (QED) is 0.288. The summed E-state index contributed by atoms with van der Waals surface area (Å²) in [4.78, 5) is 56.1. The Bertz CT molecular complexity index is 1250. The van der Waals surface area contributed by atoms with Gasteiger partial charge in [-0.1, -0.05) is 6.07 Å². The smallest absolute Gasteiger partial charge is 0.269 e. The van der Waals surface area contributed by atoms with Gasteiger partial charge in [-0.3, -0.25) is 24.6 Å². The number of carbonyl (C=O) groups is 3. The van der Waals surface area contributed by atoms with Crippen LogP contribution in [0.2, 0.25) is 0 Å². The molecular formula is C29H36N6O5. The first-order valence-electron chi connectivity index (χ1n) is 14.0. The molecule has 1 unspecified atom stereocenters. The number of anilines is 2. The van der Waals surface area contributed by atoms with Gasteiger partial charge < -0.3 is 24.8 Å². The number of piperazine rings is 1. The highest BCUT2D eigenvalue weighted by molar-refractivity contribution is 6.01. The van der Waals surface area contributed by atoms with Crippen LogP contribution in [-0.4, -0.2) is 91.2 Å². The van der Waals surface area contributed by atoms with Gasteiger partial charge in [0.2, 0.25) is 5.91 Å². The van der Waals surface area contributed by atoms with Gasteiger partial charge in [0.25, 0.3) is 11.6 Å². The third kappa shape index (κ3) is 5.65. The van der Waals surface area contributed by atoms with Crippen molar-refractivity contribution in [2.75, 3.05) is 56.1 Å². The van der Waals surface area contributed by atoms with Crippen molar-refractivity contribution in [3.8, 4) is 0 Å². The Labute approximate surface area is 233 Å². The minimum atomic E-state index is -0.625. The number of hydrogen-bond acceptors (Lipinski definition) is 8. The van der Waals surface area contributed by atoms with Crippen LogP contribution in [0.4, 0.5) is 17.1 Å². The highest BCUT2D eigenvalue weighted by atomic mass is 16.6. The Balaban J connectivity index is 1.16. The number of carbonyl (C=O) groups excluding carboxylic acids is 3. The molecule has 2 fully saturated rings. The summed E-state index contributed by atoms with van der Waals surface area (Å²) in [6, 6.07) is 12.5. The summed E-state index contributed by atoms with van der Waals surface area (Å²) in [6.07, 6.45) is 3.34. The Kier molecular flexibility index (Phi) is 8.29. The first kappa shape index (κ1) is 27.6. The van der Waals surface area contributed by atoms with Gasteiger partial charge in [0, 0.05) is 100.0 Å². The summed E-state index contributed by atoms with van der Waals surface area (Å²) in [5.74, 6) is -0.293. The van der Waals surface area contributed by atoms with Crippen molar-refractivity contribution in [1.82, 2.24) is 15.1 Å². The second-order valence-corrected chi connectivity index (χ2v) is 10.7. The van der Waals surface area contributed by atoms with Gasteiger partial charge in [-0.05, 0) is 43.5 Å². The molecule has 1 N–H and O–H groups in total. The van der Waals surface area contributed by atoms with Gasteiger partial charge in [-0.25, -0.2) is 0 Å². The van der Waals surface area contributed by atoms with Crippen molar-refractivity contribution in [2.24, 2.45) is 0 Å². The maximum atomic E-state index is 13.2. The molecule has 212 valence electrons. The number of nitro benzene ring substituents is 1. The van der Waals surface area contributed by atoms with Crippen LogP contribution in [0, 0.1) is 10.1 Å². The summed E-state index contributed by atoms with van der Waals surface area (Å²) in [5.41, 5.74) is 3.81. The molecule has 0 radical (unpaired) electrons. The predicted octanol–water partition coefficient (Wildman–Crippen LogP) is 2.44. The molecule has 2 aromatic rings.